The van der Waals surface area contributed by atoms with Gasteiger partial charge in [-0.15, -0.1) is 0 Å². The monoisotopic (exact) mass is 530 g/mol. The molecule has 2 amide bonds. The SMILES string of the molecule is O=C(C=Cc1ccc(Cl)c(Cl)c1)N1CCC(=O)N(CCCN2CCC(O)(c3ccccn3)CC2)CC1. The van der Waals surface area contributed by atoms with E-state index in [1.54, 1.807) is 35.4 Å². The molecule has 0 unspecified atom stereocenters. The summed E-state index contributed by atoms with van der Waals surface area (Å²) < 4.78 is 0. The zero-order valence-corrected chi connectivity index (χ0v) is 21.8. The Bertz CT molecular complexity index is 1090. The third-order valence-electron chi connectivity index (χ3n) is 6.99. The van der Waals surface area contributed by atoms with Gasteiger partial charge < -0.3 is 19.8 Å². The van der Waals surface area contributed by atoms with Crippen LogP contribution in [0.2, 0.25) is 10.0 Å². The van der Waals surface area contributed by atoms with Crippen LogP contribution in [0.15, 0.2) is 48.7 Å². The minimum absolute atomic E-state index is 0.0851. The molecule has 2 fully saturated rings. The molecule has 1 N–H and O–H groups in total. The lowest BCUT2D eigenvalue weighted by Crippen LogP contribution is -2.44. The number of pyridine rings is 1. The van der Waals surface area contributed by atoms with E-state index < -0.39 is 5.60 Å². The van der Waals surface area contributed by atoms with Crippen molar-refractivity contribution in [2.75, 3.05) is 45.8 Å². The Kier molecular flexibility index (Phi) is 9.01. The van der Waals surface area contributed by atoms with E-state index in [4.69, 9.17) is 23.2 Å². The van der Waals surface area contributed by atoms with Crippen molar-refractivity contribution in [1.82, 2.24) is 19.7 Å². The van der Waals surface area contributed by atoms with Crippen molar-refractivity contribution in [3.05, 3.63) is 70.0 Å². The fourth-order valence-electron chi connectivity index (χ4n) is 4.74. The van der Waals surface area contributed by atoms with Crippen LogP contribution in [0.4, 0.5) is 0 Å². The molecule has 2 aromatic rings. The predicted molar refractivity (Wildman–Crippen MR) is 142 cm³/mol. The first-order chi connectivity index (χ1) is 17.3. The molecular weight excluding hydrogens is 499 g/mol. The number of benzene rings is 1. The van der Waals surface area contributed by atoms with Crippen molar-refractivity contribution in [3.8, 4) is 0 Å². The van der Waals surface area contributed by atoms with E-state index in [1.165, 1.54) is 6.08 Å². The largest absolute Gasteiger partial charge is 0.383 e. The van der Waals surface area contributed by atoms with Crippen LogP contribution in [0.3, 0.4) is 0 Å². The Balaban J connectivity index is 1.21. The first-order valence-electron chi connectivity index (χ1n) is 12.4. The predicted octanol–water partition coefficient (Wildman–Crippen LogP) is 3.84. The zero-order valence-electron chi connectivity index (χ0n) is 20.3. The number of rotatable bonds is 7. The van der Waals surface area contributed by atoms with Crippen molar-refractivity contribution in [2.45, 2.75) is 31.3 Å². The molecule has 2 saturated heterocycles. The minimum Gasteiger partial charge on any atom is -0.383 e. The van der Waals surface area contributed by atoms with Crippen LogP contribution in [0, 0.1) is 0 Å². The summed E-state index contributed by atoms with van der Waals surface area (Å²) in [4.78, 5) is 35.6. The second-order valence-corrected chi connectivity index (χ2v) is 10.2. The molecule has 36 heavy (non-hydrogen) atoms. The highest BCUT2D eigenvalue weighted by Crippen LogP contribution is 2.31. The molecule has 4 rings (SSSR count). The van der Waals surface area contributed by atoms with Gasteiger partial charge in [-0.1, -0.05) is 35.3 Å². The molecule has 0 aliphatic carbocycles. The fourth-order valence-corrected chi connectivity index (χ4v) is 5.04. The van der Waals surface area contributed by atoms with Crippen molar-refractivity contribution in [2.24, 2.45) is 0 Å². The Labute approximate surface area is 222 Å². The molecule has 192 valence electrons. The van der Waals surface area contributed by atoms with Gasteiger partial charge in [0.25, 0.3) is 0 Å². The van der Waals surface area contributed by atoms with Crippen LogP contribution in [0.1, 0.15) is 36.9 Å². The Morgan fingerprint density at radius 1 is 1.03 bits per heavy atom. The second kappa shape index (κ2) is 12.2. The van der Waals surface area contributed by atoms with Crippen molar-refractivity contribution < 1.29 is 14.7 Å². The molecule has 3 heterocycles. The average Bonchev–Trinajstić information content (AvgIpc) is 3.08. The molecule has 7 nitrogen and oxygen atoms in total. The highest BCUT2D eigenvalue weighted by atomic mass is 35.5. The van der Waals surface area contributed by atoms with Crippen molar-refractivity contribution in [1.29, 1.82) is 0 Å². The van der Waals surface area contributed by atoms with Crippen molar-refractivity contribution in [3.63, 3.8) is 0 Å². The molecule has 0 bridgehead atoms. The smallest absolute Gasteiger partial charge is 0.246 e. The van der Waals surface area contributed by atoms with Gasteiger partial charge in [-0.2, -0.15) is 0 Å². The number of likely N-dealkylation sites (tertiary alicyclic amines) is 1. The van der Waals surface area contributed by atoms with Crippen LogP contribution in [-0.4, -0.2) is 82.4 Å². The average molecular weight is 531 g/mol. The molecule has 1 aromatic carbocycles. The molecule has 2 aliphatic rings. The van der Waals surface area contributed by atoms with Crippen LogP contribution in [0.5, 0.6) is 0 Å². The zero-order chi connectivity index (χ0) is 25.5. The highest BCUT2D eigenvalue weighted by molar-refractivity contribution is 6.42. The lowest BCUT2D eigenvalue weighted by Gasteiger charge is -2.38. The number of amides is 2. The van der Waals surface area contributed by atoms with Crippen LogP contribution in [-0.2, 0) is 15.2 Å². The standard InChI is InChI=1S/C27H32Cl2N4O3/c28-22-7-5-21(20-23(22)29)6-8-25(34)33-15-9-26(35)32(18-19-33)14-3-13-31-16-10-27(36,11-17-31)24-4-1-2-12-30-24/h1-2,4-8,12,20,36H,3,9-11,13-19H2. The van der Waals surface area contributed by atoms with Gasteiger partial charge in [0.15, 0.2) is 0 Å². The van der Waals surface area contributed by atoms with E-state index in [-0.39, 0.29) is 11.8 Å². The number of carbonyl (C=O) groups excluding carboxylic acids is 2. The van der Waals surface area contributed by atoms with Gasteiger partial charge >= 0.3 is 0 Å². The summed E-state index contributed by atoms with van der Waals surface area (Å²) in [5.74, 6) is -0.0358. The van der Waals surface area contributed by atoms with Gasteiger partial charge in [0, 0.05) is 58.0 Å². The lowest BCUT2D eigenvalue weighted by atomic mass is 9.87. The van der Waals surface area contributed by atoms with Crippen LogP contribution >= 0.6 is 23.2 Å². The molecule has 0 saturated carbocycles. The summed E-state index contributed by atoms with van der Waals surface area (Å²) in [6.07, 6.45) is 7.44. The number of hydrogen-bond donors (Lipinski definition) is 1. The number of halogens is 2. The summed E-state index contributed by atoms with van der Waals surface area (Å²) in [5, 5.41) is 11.9. The fraction of sp³-hybridized carbons (Fsp3) is 0.444. The normalized spacial score (nSPS) is 19.0. The summed E-state index contributed by atoms with van der Waals surface area (Å²) in [6.45, 7) is 4.60. The third kappa shape index (κ3) is 6.85. The summed E-state index contributed by atoms with van der Waals surface area (Å²) >= 11 is 12.0. The van der Waals surface area contributed by atoms with Crippen molar-refractivity contribution >= 4 is 41.1 Å². The van der Waals surface area contributed by atoms with E-state index in [9.17, 15) is 14.7 Å². The van der Waals surface area contributed by atoms with E-state index >= 15 is 0 Å². The maximum absolute atomic E-state index is 12.7. The topological polar surface area (TPSA) is 77.0 Å². The van der Waals surface area contributed by atoms with Crippen LogP contribution in [0.25, 0.3) is 6.08 Å². The van der Waals surface area contributed by atoms with Gasteiger partial charge in [-0.3, -0.25) is 14.6 Å². The Morgan fingerprint density at radius 2 is 1.83 bits per heavy atom. The van der Waals surface area contributed by atoms with Crippen LogP contribution < -0.4 is 0 Å². The number of nitrogens with zero attached hydrogens (tertiary/aromatic N) is 4. The Morgan fingerprint density at radius 3 is 2.56 bits per heavy atom. The molecular formula is C27H32Cl2N4O3. The van der Waals surface area contributed by atoms with Gasteiger partial charge in [-0.25, -0.2) is 0 Å². The minimum atomic E-state index is -0.858. The van der Waals surface area contributed by atoms with E-state index in [0.29, 0.717) is 55.5 Å². The maximum atomic E-state index is 12.7. The highest BCUT2D eigenvalue weighted by Gasteiger charge is 2.35. The van der Waals surface area contributed by atoms with E-state index in [1.807, 2.05) is 23.1 Å². The third-order valence-corrected chi connectivity index (χ3v) is 7.73. The summed E-state index contributed by atoms with van der Waals surface area (Å²) in [5.41, 5.74) is 0.676. The first kappa shape index (κ1) is 26.6. The second-order valence-electron chi connectivity index (χ2n) is 9.40. The Hall–Kier alpha value is -2.45. The molecule has 2 aliphatic heterocycles. The first-order valence-corrected chi connectivity index (χ1v) is 13.2. The van der Waals surface area contributed by atoms with Gasteiger partial charge in [0.05, 0.1) is 15.7 Å². The molecule has 0 spiro atoms. The lowest BCUT2D eigenvalue weighted by molar-refractivity contribution is -0.130. The van der Waals surface area contributed by atoms with Gasteiger partial charge in [0.1, 0.15) is 5.60 Å². The summed E-state index contributed by atoms with van der Waals surface area (Å²) in [6, 6.07) is 10.9. The van der Waals surface area contributed by atoms with E-state index in [2.05, 4.69) is 9.88 Å². The number of hydrogen-bond acceptors (Lipinski definition) is 5. The van der Waals surface area contributed by atoms with Gasteiger partial charge in [-0.05, 0) is 61.7 Å². The number of piperidine rings is 1. The summed E-state index contributed by atoms with van der Waals surface area (Å²) in [7, 11) is 0. The number of aromatic nitrogens is 1. The molecule has 0 atom stereocenters. The van der Waals surface area contributed by atoms with Gasteiger partial charge in [0.2, 0.25) is 11.8 Å². The molecule has 0 radical (unpaired) electrons. The molecule has 1 aromatic heterocycles. The molecule has 9 heteroatoms. The van der Waals surface area contributed by atoms with E-state index in [0.717, 1.165) is 37.3 Å². The number of carbonyl (C=O) groups is 2. The maximum Gasteiger partial charge on any atom is 0.246 e. The number of aliphatic hydroxyl groups is 1. The quantitative estimate of drug-likeness (QED) is 0.550.